The van der Waals surface area contributed by atoms with Crippen molar-refractivity contribution in [3.05, 3.63) is 35.3 Å². The first-order valence-electron chi connectivity index (χ1n) is 6.86. The van der Waals surface area contributed by atoms with Crippen molar-refractivity contribution in [3.63, 3.8) is 0 Å². The number of nitrogens with zero attached hydrogens (tertiary/aromatic N) is 3. The zero-order valence-corrected chi connectivity index (χ0v) is 11.5. The summed E-state index contributed by atoms with van der Waals surface area (Å²) in [4.78, 5) is 6.87. The van der Waals surface area contributed by atoms with E-state index in [1.807, 2.05) is 26.2 Å². The lowest BCUT2D eigenvalue weighted by molar-refractivity contribution is 0.187. The van der Waals surface area contributed by atoms with Crippen LogP contribution in [0.4, 0.5) is 0 Å². The van der Waals surface area contributed by atoms with Gasteiger partial charge in [-0.1, -0.05) is 0 Å². The van der Waals surface area contributed by atoms with Crippen LogP contribution in [0.5, 0.6) is 0 Å². The average molecular weight is 260 g/mol. The van der Waals surface area contributed by atoms with Gasteiger partial charge in [0.1, 0.15) is 5.76 Å². The summed E-state index contributed by atoms with van der Waals surface area (Å²) < 4.78 is 5.65. The van der Waals surface area contributed by atoms with Gasteiger partial charge in [0.05, 0.1) is 18.4 Å². The second kappa shape index (κ2) is 5.17. The summed E-state index contributed by atoms with van der Waals surface area (Å²) in [5.74, 6) is 2.42. The smallest absolute Gasteiger partial charge is 0.208 e. The Morgan fingerprint density at radius 2 is 2.16 bits per heavy atom. The fraction of sp³-hybridized carbons (Fsp3) is 0.571. The summed E-state index contributed by atoms with van der Waals surface area (Å²) in [5.41, 5.74) is 2.34. The van der Waals surface area contributed by atoms with Crippen LogP contribution >= 0.6 is 0 Å². The van der Waals surface area contributed by atoms with Gasteiger partial charge in [0.25, 0.3) is 0 Å². The van der Waals surface area contributed by atoms with Gasteiger partial charge in [-0.2, -0.15) is 5.10 Å². The van der Waals surface area contributed by atoms with E-state index in [2.05, 4.69) is 20.1 Å². The SMILES string of the molecule is Cc1nc(CN2CCC(c3cn[nH]c3)CC2)oc1C. The third-order valence-corrected chi connectivity index (χ3v) is 4.01. The van der Waals surface area contributed by atoms with Gasteiger partial charge in [0.15, 0.2) is 0 Å². The molecule has 0 amide bonds. The monoisotopic (exact) mass is 260 g/mol. The van der Waals surface area contributed by atoms with Crippen LogP contribution in [0.2, 0.25) is 0 Å². The van der Waals surface area contributed by atoms with E-state index in [9.17, 15) is 0 Å². The van der Waals surface area contributed by atoms with Crippen molar-refractivity contribution in [3.8, 4) is 0 Å². The van der Waals surface area contributed by atoms with Crippen molar-refractivity contribution in [1.29, 1.82) is 0 Å². The molecule has 0 spiro atoms. The van der Waals surface area contributed by atoms with Crippen LogP contribution in [-0.4, -0.2) is 33.2 Å². The molecule has 0 aliphatic carbocycles. The lowest BCUT2D eigenvalue weighted by atomic mass is 9.92. The highest BCUT2D eigenvalue weighted by molar-refractivity contribution is 5.11. The van der Waals surface area contributed by atoms with E-state index < -0.39 is 0 Å². The van der Waals surface area contributed by atoms with Gasteiger partial charge < -0.3 is 4.42 Å². The fourth-order valence-corrected chi connectivity index (χ4v) is 2.71. The molecule has 2 aromatic heterocycles. The van der Waals surface area contributed by atoms with Gasteiger partial charge in [0, 0.05) is 6.20 Å². The fourth-order valence-electron chi connectivity index (χ4n) is 2.71. The second-order valence-electron chi connectivity index (χ2n) is 5.33. The molecule has 3 rings (SSSR count). The standard InChI is InChI=1S/C14H20N4O/c1-10-11(2)19-14(17-10)9-18-5-3-12(4-6-18)13-7-15-16-8-13/h7-8,12H,3-6,9H2,1-2H3,(H,15,16). The molecule has 1 aliphatic rings. The van der Waals surface area contributed by atoms with E-state index in [1.165, 1.54) is 18.4 Å². The van der Waals surface area contributed by atoms with E-state index in [0.29, 0.717) is 5.92 Å². The molecule has 19 heavy (non-hydrogen) atoms. The normalized spacial score (nSPS) is 18.0. The summed E-state index contributed by atoms with van der Waals surface area (Å²) in [6, 6.07) is 0. The Morgan fingerprint density at radius 3 is 2.74 bits per heavy atom. The molecule has 1 saturated heterocycles. The predicted molar refractivity (Wildman–Crippen MR) is 71.8 cm³/mol. The van der Waals surface area contributed by atoms with Crippen LogP contribution in [0, 0.1) is 13.8 Å². The van der Waals surface area contributed by atoms with E-state index in [4.69, 9.17) is 4.42 Å². The molecule has 5 heteroatoms. The Bertz CT molecular complexity index is 504. The molecule has 1 aliphatic heterocycles. The van der Waals surface area contributed by atoms with E-state index in [-0.39, 0.29) is 0 Å². The number of H-pyrrole nitrogens is 1. The number of aromatic amines is 1. The van der Waals surface area contributed by atoms with Gasteiger partial charge in [-0.3, -0.25) is 10.00 Å². The van der Waals surface area contributed by atoms with Gasteiger partial charge in [-0.15, -0.1) is 0 Å². The molecule has 0 atom stereocenters. The highest BCUT2D eigenvalue weighted by Crippen LogP contribution is 2.27. The lowest BCUT2D eigenvalue weighted by Crippen LogP contribution is -2.32. The number of piperidine rings is 1. The first kappa shape index (κ1) is 12.4. The van der Waals surface area contributed by atoms with Crippen LogP contribution in [0.1, 0.15) is 41.7 Å². The van der Waals surface area contributed by atoms with E-state index in [1.54, 1.807) is 0 Å². The molecule has 0 radical (unpaired) electrons. The molecule has 5 nitrogen and oxygen atoms in total. The summed E-state index contributed by atoms with van der Waals surface area (Å²) in [7, 11) is 0. The van der Waals surface area contributed by atoms with Crippen molar-refractivity contribution in [2.45, 2.75) is 39.2 Å². The minimum absolute atomic E-state index is 0.642. The van der Waals surface area contributed by atoms with Crippen LogP contribution in [0.15, 0.2) is 16.8 Å². The third kappa shape index (κ3) is 2.71. The quantitative estimate of drug-likeness (QED) is 0.920. The zero-order valence-electron chi connectivity index (χ0n) is 11.5. The van der Waals surface area contributed by atoms with Crippen molar-refractivity contribution < 1.29 is 4.42 Å². The summed E-state index contributed by atoms with van der Waals surface area (Å²) in [6.07, 6.45) is 6.32. The molecule has 2 aromatic rings. The Balaban J connectivity index is 1.55. The van der Waals surface area contributed by atoms with Crippen molar-refractivity contribution in [2.75, 3.05) is 13.1 Å². The Kier molecular flexibility index (Phi) is 3.38. The molecule has 3 heterocycles. The van der Waals surface area contributed by atoms with Crippen molar-refractivity contribution >= 4 is 0 Å². The molecular formula is C14H20N4O. The van der Waals surface area contributed by atoms with Crippen molar-refractivity contribution in [2.24, 2.45) is 0 Å². The largest absolute Gasteiger partial charge is 0.444 e. The van der Waals surface area contributed by atoms with Gasteiger partial charge >= 0.3 is 0 Å². The van der Waals surface area contributed by atoms with Gasteiger partial charge in [0.2, 0.25) is 5.89 Å². The van der Waals surface area contributed by atoms with Gasteiger partial charge in [-0.05, 0) is 51.3 Å². The molecular weight excluding hydrogens is 240 g/mol. The molecule has 0 bridgehead atoms. The number of hydrogen-bond donors (Lipinski definition) is 1. The number of aryl methyl sites for hydroxylation is 2. The minimum atomic E-state index is 0.642. The average Bonchev–Trinajstić information content (AvgIpc) is 3.02. The first-order chi connectivity index (χ1) is 9.22. The Hall–Kier alpha value is -1.62. The number of likely N-dealkylation sites (tertiary alicyclic amines) is 1. The van der Waals surface area contributed by atoms with Crippen LogP contribution in [-0.2, 0) is 6.54 Å². The molecule has 1 fully saturated rings. The number of nitrogens with one attached hydrogen (secondary N) is 1. The maximum absolute atomic E-state index is 5.65. The molecule has 0 saturated carbocycles. The number of aromatic nitrogens is 3. The van der Waals surface area contributed by atoms with Crippen LogP contribution in [0.3, 0.4) is 0 Å². The topological polar surface area (TPSA) is 58.0 Å². The summed E-state index contributed by atoms with van der Waals surface area (Å²) in [6.45, 7) is 6.98. The lowest BCUT2D eigenvalue weighted by Gasteiger charge is -2.30. The number of hydrogen-bond acceptors (Lipinski definition) is 4. The van der Waals surface area contributed by atoms with Gasteiger partial charge in [-0.25, -0.2) is 4.98 Å². The maximum atomic E-state index is 5.65. The molecule has 0 aromatic carbocycles. The van der Waals surface area contributed by atoms with Crippen molar-refractivity contribution in [1.82, 2.24) is 20.1 Å². The predicted octanol–water partition coefficient (Wildman–Crippen LogP) is 2.39. The summed E-state index contributed by atoms with van der Waals surface area (Å²) >= 11 is 0. The Morgan fingerprint density at radius 1 is 1.37 bits per heavy atom. The summed E-state index contributed by atoms with van der Waals surface area (Å²) in [5, 5.41) is 6.93. The third-order valence-electron chi connectivity index (χ3n) is 4.01. The number of rotatable bonds is 3. The highest BCUT2D eigenvalue weighted by atomic mass is 16.4. The zero-order chi connectivity index (χ0) is 13.2. The minimum Gasteiger partial charge on any atom is -0.444 e. The van der Waals surface area contributed by atoms with E-state index >= 15 is 0 Å². The molecule has 102 valence electrons. The molecule has 1 N–H and O–H groups in total. The van der Waals surface area contributed by atoms with E-state index in [0.717, 1.165) is 37.0 Å². The van der Waals surface area contributed by atoms with Crippen LogP contribution < -0.4 is 0 Å². The highest BCUT2D eigenvalue weighted by Gasteiger charge is 2.22. The first-order valence-corrected chi connectivity index (χ1v) is 6.86. The molecule has 0 unspecified atom stereocenters. The number of oxazole rings is 1. The maximum Gasteiger partial charge on any atom is 0.208 e. The second-order valence-corrected chi connectivity index (χ2v) is 5.33. The Labute approximate surface area is 113 Å². The van der Waals surface area contributed by atoms with Crippen LogP contribution in [0.25, 0.3) is 0 Å².